The average molecular weight is 180 g/mol. The van der Waals surface area contributed by atoms with Gasteiger partial charge in [-0.05, 0) is 31.5 Å². The molecular formula is C11H20N2. The van der Waals surface area contributed by atoms with Crippen molar-refractivity contribution in [2.45, 2.75) is 39.8 Å². The zero-order valence-corrected chi connectivity index (χ0v) is 8.71. The molecular weight excluding hydrogens is 160 g/mol. The van der Waals surface area contributed by atoms with Crippen molar-refractivity contribution in [1.82, 2.24) is 9.88 Å². The van der Waals surface area contributed by atoms with Crippen LogP contribution in [0.15, 0.2) is 18.3 Å². The summed E-state index contributed by atoms with van der Waals surface area (Å²) in [4.78, 5) is 0. The first-order valence-corrected chi connectivity index (χ1v) is 5.23. The quantitative estimate of drug-likeness (QED) is 0.665. The van der Waals surface area contributed by atoms with Crippen molar-refractivity contribution in [3.05, 3.63) is 24.0 Å². The monoisotopic (exact) mass is 180 g/mol. The minimum atomic E-state index is 1.00. The lowest BCUT2D eigenvalue weighted by molar-refractivity contribution is 0.599. The number of aromatic nitrogens is 1. The molecule has 2 nitrogen and oxygen atoms in total. The van der Waals surface area contributed by atoms with Gasteiger partial charge in [-0.3, -0.25) is 0 Å². The lowest BCUT2D eigenvalue weighted by atomic mass is 10.4. The van der Waals surface area contributed by atoms with Crippen molar-refractivity contribution in [2.24, 2.45) is 0 Å². The fourth-order valence-corrected chi connectivity index (χ4v) is 1.46. The Labute approximate surface area is 81.0 Å². The molecule has 2 heteroatoms. The summed E-state index contributed by atoms with van der Waals surface area (Å²) in [5.41, 5.74) is 1.40. The van der Waals surface area contributed by atoms with Gasteiger partial charge in [0.2, 0.25) is 0 Å². The molecule has 1 N–H and O–H groups in total. The number of nitrogens with one attached hydrogen (secondary N) is 1. The zero-order chi connectivity index (χ0) is 9.52. The van der Waals surface area contributed by atoms with Crippen molar-refractivity contribution >= 4 is 0 Å². The van der Waals surface area contributed by atoms with Crippen LogP contribution in [-0.4, -0.2) is 11.1 Å². The Morgan fingerprint density at radius 3 is 2.85 bits per heavy atom. The molecule has 0 aliphatic heterocycles. The maximum absolute atomic E-state index is 3.42. The van der Waals surface area contributed by atoms with E-state index in [9.17, 15) is 0 Å². The third-order valence-corrected chi connectivity index (χ3v) is 2.12. The third kappa shape index (κ3) is 3.23. The Hall–Kier alpha value is -0.760. The number of hydrogen-bond acceptors (Lipinski definition) is 1. The Morgan fingerprint density at radius 1 is 1.31 bits per heavy atom. The van der Waals surface area contributed by atoms with Crippen LogP contribution in [0.5, 0.6) is 0 Å². The molecule has 0 saturated carbocycles. The van der Waals surface area contributed by atoms with E-state index < -0.39 is 0 Å². The van der Waals surface area contributed by atoms with E-state index in [1.54, 1.807) is 0 Å². The maximum atomic E-state index is 3.42. The summed E-state index contributed by atoms with van der Waals surface area (Å²) in [5.74, 6) is 0. The van der Waals surface area contributed by atoms with Crippen LogP contribution in [0.1, 0.15) is 32.4 Å². The summed E-state index contributed by atoms with van der Waals surface area (Å²) >= 11 is 0. The fraction of sp³-hybridized carbons (Fsp3) is 0.636. The van der Waals surface area contributed by atoms with Crippen LogP contribution < -0.4 is 5.32 Å². The Balaban J connectivity index is 2.40. The van der Waals surface area contributed by atoms with Gasteiger partial charge in [-0.1, -0.05) is 13.8 Å². The Morgan fingerprint density at radius 2 is 2.15 bits per heavy atom. The second-order valence-electron chi connectivity index (χ2n) is 3.37. The van der Waals surface area contributed by atoms with E-state index in [1.807, 2.05) is 0 Å². The molecule has 1 aromatic rings. The highest BCUT2D eigenvalue weighted by atomic mass is 15.0. The second-order valence-corrected chi connectivity index (χ2v) is 3.37. The Bertz CT molecular complexity index is 228. The standard InChI is InChI=1S/C11H20N2/c1-3-7-12-10-11-6-5-9-13(11)8-4-2/h5-6,9,12H,3-4,7-8,10H2,1-2H3. The van der Waals surface area contributed by atoms with Gasteiger partial charge in [0.05, 0.1) is 0 Å². The molecule has 0 saturated heterocycles. The molecule has 0 fully saturated rings. The molecule has 0 bridgehead atoms. The van der Waals surface area contributed by atoms with E-state index in [0.29, 0.717) is 0 Å². The topological polar surface area (TPSA) is 17.0 Å². The van der Waals surface area contributed by atoms with Crippen molar-refractivity contribution in [2.75, 3.05) is 6.54 Å². The van der Waals surface area contributed by atoms with E-state index in [-0.39, 0.29) is 0 Å². The molecule has 0 aliphatic rings. The molecule has 1 rings (SSSR count). The largest absolute Gasteiger partial charge is 0.350 e. The van der Waals surface area contributed by atoms with Crippen LogP contribution in [0, 0.1) is 0 Å². The summed E-state index contributed by atoms with van der Waals surface area (Å²) in [6.45, 7) is 7.65. The van der Waals surface area contributed by atoms with Gasteiger partial charge in [0.15, 0.2) is 0 Å². The minimum Gasteiger partial charge on any atom is -0.350 e. The first-order valence-electron chi connectivity index (χ1n) is 5.23. The van der Waals surface area contributed by atoms with E-state index in [2.05, 4.69) is 42.1 Å². The van der Waals surface area contributed by atoms with E-state index in [1.165, 1.54) is 18.5 Å². The van der Waals surface area contributed by atoms with Gasteiger partial charge in [-0.15, -0.1) is 0 Å². The highest BCUT2D eigenvalue weighted by Gasteiger charge is 1.97. The molecule has 0 unspecified atom stereocenters. The van der Waals surface area contributed by atoms with E-state index in [0.717, 1.165) is 19.6 Å². The molecule has 0 radical (unpaired) electrons. The predicted molar refractivity (Wildman–Crippen MR) is 56.7 cm³/mol. The molecule has 0 aromatic carbocycles. The summed E-state index contributed by atoms with van der Waals surface area (Å²) in [7, 11) is 0. The number of rotatable bonds is 6. The normalized spacial score (nSPS) is 10.6. The van der Waals surface area contributed by atoms with Crippen LogP contribution in [-0.2, 0) is 13.1 Å². The minimum absolute atomic E-state index is 1.00. The Kier molecular flexibility index (Phi) is 4.61. The van der Waals surface area contributed by atoms with Crippen molar-refractivity contribution in [3.63, 3.8) is 0 Å². The highest BCUT2D eigenvalue weighted by molar-refractivity contribution is 5.06. The molecule has 0 amide bonds. The van der Waals surface area contributed by atoms with Crippen LogP contribution in [0.2, 0.25) is 0 Å². The van der Waals surface area contributed by atoms with Gasteiger partial charge < -0.3 is 9.88 Å². The molecule has 1 heterocycles. The van der Waals surface area contributed by atoms with Crippen LogP contribution in [0.4, 0.5) is 0 Å². The smallest absolute Gasteiger partial charge is 0.0359 e. The molecule has 74 valence electrons. The fourth-order valence-electron chi connectivity index (χ4n) is 1.46. The molecule has 0 spiro atoms. The maximum Gasteiger partial charge on any atom is 0.0359 e. The molecule has 0 atom stereocenters. The number of aryl methyl sites for hydroxylation is 1. The zero-order valence-electron chi connectivity index (χ0n) is 8.71. The van der Waals surface area contributed by atoms with Crippen molar-refractivity contribution in [1.29, 1.82) is 0 Å². The molecule has 1 aromatic heterocycles. The van der Waals surface area contributed by atoms with Crippen LogP contribution in [0.3, 0.4) is 0 Å². The van der Waals surface area contributed by atoms with Crippen LogP contribution >= 0.6 is 0 Å². The predicted octanol–water partition coefficient (Wildman–Crippen LogP) is 2.40. The van der Waals surface area contributed by atoms with Gasteiger partial charge in [0.1, 0.15) is 0 Å². The first-order chi connectivity index (χ1) is 6.38. The van der Waals surface area contributed by atoms with E-state index >= 15 is 0 Å². The van der Waals surface area contributed by atoms with Gasteiger partial charge in [0, 0.05) is 25.0 Å². The average Bonchev–Trinajstić information content (AvgIpc) is 2.54. The molecule has 13 heavy (non-hydrogen) atoms. The second kappa shape index (κ2) is 5.81. The third-order valence-electron chi connectivity index (χ3n) is 2.12. The summed E-state index contributed by atoms with van der Waals surface area (Å²) in [5, 5.41) is 3.42. The summed E-state index contributed by atoms with van der Waals surface area (Å²) in [6.07, 6.45) is 4.57. The number of hydrogen-bond donors (Lipinski definition) is 1. The number of nitrogens with zero attached hydrogens (tertiary/aromatic N) is 1. The summed E-state index contributed by atoms with van der Waals surface area (Å²) < 4.78 is 2.32. The van der Waals surface area contributed by atoms with Crippen LogP contribution in [0.25, 0.3) is 0 Å². The first kappa shape index (κ1) is 10.3. The van der Waals surface area contributed by atoms with Crippen molar-refractivity contribution < 1.29 is 0 Å². The van der Waals surface area contributed by atoms with E-state index in [4.69, 9.17) is 0 Å². The van der Waals surface area contributed by atoms with Gasteiger partial charge >= 0.3 is 0 Å². The molecule has 0 aliphatic carbocycles. The van der Waals surface area contributed by atoms with Gasteiger partial charge in [-0.2, -0.15) is 0 Å². The van der Waals surface area contributed by atoms with Gasteiger partial charge in [-0.25, -0.2) is 0 Å². The lowest BCUT2D eigenvalue weighted by Crippen LogP contribution is -2.16. The lowest BCUT2D eigenvalue weighted by Gasteiger charge is -2.08. The highest BCUT2D eigenvalue weighted by Crippen LogP contribution is 2.02. The SMILES string of the molecule is CCCNCc1cccn1CCC. The van der Waals surface area contributed by atoms with Crippen molar-refractivity contribution in [3.8, 4) is 0 Å². The summed E-state index contributed by atoms with van der Waals surface area (Å²) in [6, 6.07) is 4.32. The van der Waals surface area contributed by atoms with Gasteiger partial charge in [0.25, 0.3) is 0 Å².